The van der Waals surface area contributed by atoms with Gasteiger partial charge in [0.15, 0.2) is 0 Å². The number of likely N-dealkylation sites (tertiary alicyclic amines) is 2. The molecule has 3 aliphatic rings. The molecule has 7 nitrogen and oxygen atoms in total. The van der Waals surface area contributed by atoms with Crippen molar-refractivity contribution >= 4 is 27.3 Å². The number of anilines is 2. The van der Waals surface area contributed by atoms with Crippen LogP contribution in [-0.4, -0.2) is 75.2 Å². The molecule has 160 valence electrons. The van der Waals surface area contributed by atoms with Crippen LogP contribution in [-0.2, 0) is 14.8 Å². The van der Waals surface area contributed by atoms with Crippen LogP contribution in [0.2, 0.25) is 0 Å². The predicted molar refractivity (Wildman–Crippen MR) is 116 cm³/mol. The summed E-state index contributed by atoms with van der Waals surface area (Å²) in [6.45, 7) is 5.60. The summed E-state index contributed by atoms with van der Waals surface area (Å²) in [7, 11) is -3.71. The first-order chi connectivity index (χ1) is 14.0. The molecule has 1 aromatic carbocycles. The maximum absolute atomic E-state index is 12.6. The summed E-state index contributed by atoms with van der Waals surface area (Å²) in [5.41, 5.74) is 1.63. The summed E-state index contributed by atoms with van der Waals surface area (Å²) in [5.74, 6) is -0.794. The first-order valence-electron chi connectivity index (χ1n) is 10.9. The van der Waals surface area contributed by atoms with Crippen LogP contribution in [0.15, 0.2) is 24.3 Å². The van der Waals surface area contributed by atoms with Crippen molar-refractivity contribution in [2.24, 2.45) is 0 Å². The number of sulfonamides is 1. The lowest BCUT2D eigenvalue weighted by Gasteiger charge is -2.28. The van der Waals surface area contributed by atoms with Gasteiger partial charge in [0, 0.05) is 43.6 Å². The van der Waals surface area contributed by atoms with Gasteiger partial charge in [-0.15, -0.1) is 0 Å². The number of amides is 1. The number of benzene rings is 1. The van der Waals surface area contributed by atoms with E-state index in [0.717, 1.165) is 38.3 Å². The molecule has 3 heterocycles. The standard InChI is InChI=1S/C21H32N4O3S/c26-21(25-15-10-20(16-25)24-13-4-5-14-24)17-29(27,28)22-18-6-8-19(9-7-18)23-11-2-1-3-12-23/h6-9,20,22H,1-5,10-17H2. The Hall–Kier alpha value is -1.80. The average molecular weight is 421 g/mol. The fourth-order valence-corrected chi connectivity index (χ4v) is 5.81. The van der Waals surface area contributed by atoms with Crippen molar-refractivity contribution in [2.45, 2.75) is 44.6 Å². The lowest BCUT2D eigenvalue weighted by Crippen LogP contribution is -2.39. The summed E-state index contributed by atoms with van der Waals surface area (Å²) in [5, 5.41) is 0. The van der Waals surface area contributed by atoms with Gasteiger partial charge in [-0.3, -0.25) is 14.4 Å². The Bertz CT molecular complexity index is 800. The van der Waals surface area contributed by atoms with Crippen LogP contribution in [0.1, 0.15) is 38.5 Å². The molecule has 4 rings (SSSR count). The van der Waals surface area contributed by atoms with Gasteiger partial charge in [0.05, 0.1) is 0 Å². The zero-order chi connectivity index (χ0) is 20.3. The number of carbonyl (C=O) groups is 1. The highest BCUT2D eigenvalue weighted by atomic mass is 32.2. The maximum Gasteiger partial charge on any atom is 0.241 e. The van der Waals surface area contributed by atoms with Crippen molar-refractivity contribution in [3.05, 3.63) is 24.3 Å². The lowest BCUT2D eigenvalue weighted by atomic mass is 10.1. The smallest absolute Gasteiger partial charge is 0.241 e. The minimum Gasteiger partial charge on any atom is -0.372 e. The molecule has 8 heteroatoms. The van der Waals surface area contributed by atoms with E-state index in [1.807, 2.05) is 12.1 Å². The Morgan fingerprint density at radius 3 is 2.28 bits per heavy atom. The Morgan fingerprint density at radius 1 is 0.931 bits per heavy atom. The zero-order valence-corrected chi connectivity index (χ0v) is 17.9. The SMILES string of the molecule is O=C(CS(=O)(=O)Nc1ccc(N2CCCCC2)cc1)N1CCC(N2CCCC2)C1. The van der Waals surface area contributed by atoms with Crippen LogP contribution in [0, 0.1) is 0 Å². The van der Waals surface area contributed by atoms with E-state index in [0.29, 0.717) is 24.8 Å². The molecule has 0 aromatic heterocycles. The summed E-state index contributed by atoms with van der Waals surface area (Å²) in [6.07, 6.45) is 7.06. The molecule has 1 amide bonds. The van der Waals surface area contributed by atoms with Gasteiger partial charge in [0.1, 0.15) is 5.75 Å². The molecule has 1 N–H and O–H groups in total. The number of carbonyl (C=O) groups excluding carboxylic acids is 1. The molecule has 0 radical (unpaired) electrons. The summed E-state index contributed by atoms with van der Waals surface area (Å²) in [4.78, 5) is 19.0. The van der Waals surface area contributed by atoms with Gasteiger partial charge in [0.2, 0.25) is 15.9 Å². The zero-order valence-electron chi connectivity index (χ0n) is 17.1. The largest absolute Gasteiger partial charge is 0.372 e. The third-order valence-electron chi connectivity index (χ3n) is 6.35. The van der Waals surface area contributed by atoms with Gasteiger partial charge in [-0.2, -0.15) is 0 Å². The summed E-state index contributed by atoms with van der Waals surface area (Å²) >= 11 is 0. The van der Waals surface area contributed by atoms with Crippen LogP contribution < -0.4 is 9.62 Å². The third-order valence-corrected chi connectivity index (χ3v) is 7.52. The molecule has 3 fully saturated rings. The highest BCUT2D eigenvalue weighted by Gasteiger charge is 2.33. The number of hydrogen-bond donors (Lipinski definition) is 1. The first kappa shape index (κ1) is 20.5. The second-order valence-electron chi connectivity index (χ2n) is 8.48. The number of rotatable bonds is 6. The molecule has 3 aliphatic heterocycles. The fraction of sp³-hybridized carbons (Fsp3) is 0.667. The number of nitrogens with one attached hydrogen (secondary N) is 1. The molecule has 1 aromatic rings. The van der Waals surface area contributed by atoms with Gasteiger partial charge < -0.3 is 9.80 Å². The van der Waals surface area contributed by atoms with E-state index in [-0.39, 0.29) is 5.91 Å². The number of piperidine rings is 1. The molecule has 0 bridgehead atoms. The van der Waals surface area contributed by atoms with Gasteiger partial charge in [-0.25, -0.2) is 8.42 Å². The molecular formula is C21H32N4O3S. The molecule has 29 heavy (non-hydrogen) atoms. The van der Waals surface area contributed by atoms with E-state index in [2.05, 4.69) is 14.5 Å². The van der Waals surface area contributed by atoms with Crippen LogP contribution in [0.3, 0.4) is 0 Å². The Labute approximate surface area is 174 Å². The van der Waals surface area contributed by atoms with Crippen molar-refractivity contribution in [2.75, 3.05) is 54.6 Å². The molecule has 3 saturated heterocycles. The summed E-state index contributed by atoms with van der Waals surface area (Å²) in [6, 6.07) is 7.86. The Balaban J connectivity index is 1.30. The summed E-state index contributed by atoms with van der Waals surface area (Å²) < 4.78 is 27.6. The molecule has 0 aliphatic carbocycles. The molecule has 1 unspecified atom stereocenters. The van der Waals surface area contributed by atoms with E-state index in [1.54, 1.807) is 17.0 Å². The minimum atomic E-state index is -3.71. The Morgan fingerprint density at radius 2 is 1.59 bits per heavy atom. The van der Waals surface area contributed by atoms with Crippen molar-refractivity contribution < 1.29 is 13.2 Å². The second kappa shape index (κ2) is 8.92. The van der Waals surface area contributed by atoms with E-state index in [9.17, 15) is 13.2 Å². The van der Waals surface area contributed by atoms with Crippen molar-refractivity contribution in [3.8, 4) is 0 Å². The second-order valence-corrected chi connectivity index (χ2v) is 10.2. The quantitative estimate of drug-likeness (QED) is 0.763. The van der Waals surface area contributed by atoms with Gasteiger partial charge in [-0.1, -0.05) is 0 Å². The molecular weight excluding hydrogens is 388 g/mol. The highest BCUT2D eigenvalue weighted by Crippen LogP contribution is 2.23. The van der Waals surface area contributed by atoms with Crippen LogP contribution in [0.25, 0.3) is 0 Å². The van der Waals surface area contributed by atoms with Crippen LogP contribution in [0.5, 0.6) is 0 Å². The van der Waals surface area contributed by atoms with Crippen LogP contribution in [0.4, 0.5) is 11.4 Å². The van der Waals surface area contributed by atoms with E-state index < -0.39 is 15.8 Å². The van der Waals surface area contributed by atoms with E-state index in [4.69, 9.17) is 0 Å². The lowest BCUT2D eigenvalue weighted by molar-refractivity contribution is -0.127. The molecule has 0 saturated carbocycles. The average Bonchev–Trinajstić information content (AvgIpc) is 3.40. The van der Waals surface area contributed by atoms with Gasteiger partial charge in [0.25, 0.3) is 0 Å². The predicted octanol–water partition coefficient (Wildman–Crippen LogP) is 2.12. The maximum atomic E-state index is 12.6. The normalized spacial score (nSPS) is 23.5. The third kappa shape index (κ3) is 5.22. The number of nitrogens with zero attached hydrogens (tertiary/aromatic N) is 3. The highest BCUT2D eigenvalue weighted by molar-refractivity contribution is 7.93. The van der Waals surface area contributed by atoms with Gasteiger partial charge in [-0.05, 0) is 75.9 Å². The molecule has 0 spiro atoms. The minimum absolute atomic E-state index is 0.302. The van der Waals surface area contributed by atoms with Crippen LogP contribution >= 0.6 is 0 Å². The van der Waals surface area contributed by atoms with Crippen molar-refractivity contribution in [3.63, 3.8) is 0 Å². The first-order valence-corrected chi connectivity index (χ1v) is 12.5. The fourth-order valence-electron chi connectivity index (χ4n) is 4.74. The monoisotopic (exact) mass is 420 g/mol. The number of hydrogen-bond acceptors (Lipinski definition) is 5. The van der Waals surface area contributed by atoms with Crippen molar-refractivity contribution in [1.29, 1.82) is 0 Å². The van der Waals surface area contributed by atoms with Gasteiger partial charge >= 0.3 is 0 Å². The molecule has 1 atom stereocenters. The van der Waals surface area contributed by atoms with E-state index >= 15 is 0 Å². The Kier molecular flexibility index (Phi) is 6.29. The van der Waals surface area contributed by atoms with Crippen molar-refractivity contribution in [1.82, 2.24) is 9.80 Å². The van der Waals surface area contributed by atoms with E-state index in [1.165, 1.54) is 32.1 Å². The topological polar surface area (TPSA) is 73.0 Å².